The molecule has 0 saturated carbocycles. The predicted molar refractivity (Wildman–Crippen MR) is 80.9 cm³/mol. The van der Waals surface area contributed by atoms with Crippen LogP contribution in [0, 0.1) is 5.92 Å². The quantitative estimate of drug-likeness (QED) is 0.896. The molecule has 1 unspecified atom stereocenters. The van der Waals surface area contributed by atoms with Crippen LogP contribution in [0.4, 0.5) is 5.69 Å². The third-order valence-electron chi connectivity index (χ3n) is 4.04. The van der Waals surface area contributed by atoms with E-state index in [0.717, 1.165) is 37.3 Å². The van der Waals surface area contributed by atoms with Gasteiger partial charge in [0, 0.05) is 30.5 Å². The first-order chi connectivity index (χ1) is 10.2. The lowest BCUT2D eigenvalue weighted by Gasteiger charge is -2.22. The number of halogens is 1. The summed E-state index contributed by atoms with van der Waals surface area (Å²) < 4.78 is 11.2. The van der Waals surface area contributed by atoms with Gasteiger partial charge in [-0.3, -0.25) is 4.79 Å². The van der Waals surface area contributed by atoms with Gasteiger partial charge in [0.1, 0.15) is 11.8 Å². The highest BCUT2D eigenvalue weighted by atomic mass is 35.5. The minimum Gasteiger partial charge on any atom is -0.492 e. The Bertz CT molecular complexity index is 544. The van der Waals surface area contributed by atoms with Crippen molar-refractivity contribution in [2.75, 3.05) is 32.2 Å². The van der Waals surface area contributed by atoms with Crippen LogP contribution in [0.25, 0.3) is 0 Å². The molecule has 1 atom stereocenters. The Morgan fingerprint density at radius 3 is 2.90 bits per heavy atom. The average Bonchev–Trinajstić information content (AvgIpc) is 2.80. The van der Waals surface area contributed by atoms with Crippen molar-refractivity contribution in [2.45, 2.75) is 18.9 Å². The summed E-state index contributed by atoms with van der Waals surface area (Å²) in [5.41, 5.74) is 1.64. The molecule has 0 aromatic heterocycles. The molecule has 6 heteroatoms. The molecule has 114 valence electrons. The fraction of sp³-hybridized carbons (Fsp3) is 0.533. The number of carbonyl (C=O) groups is 1. The maximum atomic E-state index is 11.8. The van der Waals surface area contributed by atoms with Gasteiger partial charge in [-0.25, -0.2) is 0 Å². The third kappa shape index (κ3) is 3.00. The molecule has 2 N–H and O–H groups in total. The van der Waals surface area contributed by atoms with E-state index in [1.54, 1.807) is 13.1 Å². The van der Waals surface area contributed by atoms with Gasteiger partial charge < -0.3 is 20.1 Å². The Hall–Kier alpha value is -1.30. The van der Waals surface area contributed by atoms with Crippen LogP contribution in [0.1, 0.15) is 24.4 Å². The number of benzene rings is 1. The van der Waals surface area contributed by atoms with Crippen LogP contribution in [0.15, 0.2) is 12.1 Å². The summed E-state index contributed by atoms with van der Waals surface area (Å²) in [7, 11) is 1.75. The zero-order valence-corrected chi connectivity index (χ0v) is 12.7. The largest absolute Gasteiger partial charge is 0.492 e. The van der Waals surface area contributed by atoms with Crippen LogP contribution in [0.2, 0.25) is 5.02 Å². The summed E-state index contributed by atoms with van der Waals surface area (Å²) in [6, 6.07) is 3.27. The third-order valence-corrected chi connectivity index (χ3v) is 4.33. The Balaban J connectivity index is 1.72. The van der Waals surface area contributed by atoms with E-state index in [1.165, 1.54) is 0 Å². The van der Waals surface area contributed by atoms with Crippen molar-refractivity contribution in [1.29, 1.82) is 0 Å². The summed E-state index contributed by atoms with van der Waals surface area (Å²) in [4.78, 5) is 11.8. The highest BCUT2D eigenvalue weighted by molar-refractivity contribution is 6.32. The summed E-state index contributed by atoms with van der Waals surface area (Å²) in [5, 5.41) is 6.36. The number of likely N-dealkylation sites (N-methyl/N-ethyl adjacent to an activating group) is 1. The minimum atomic E-state index is -0.345. The predicted octanol–water partition coefficient (Wildman–Crippen LogP) is 2.36. The molecule has 0 aliphatic carbocycles. The molecule has 5 nitrogen and oxygen atoms in total. The van der Waals surface area contributed by atoms with Crippen LogP contribution < -0.4 is 15.4 Å². The Labute approximate surface area is 128 Å². The molecular weight excluding hydrogens is 292 g/mol. The van der Waals surface area contributed by atoms with Crippen LogP contribution >= 0.6 is 11.6 Å². The number of anilines is 1. The normalized spacial score (nSPS) is 22.0. The van der Waals surface area contributed by atoms with Crippen LogP contribution in [0.3, 0.4) is 0 Å². The van der Waals surface area contributed by atoms with Crippen LogP contribution in [0.5, 0.6) is 5.75 Å². The van der Waals surface area contributed by atoms with Crippen molar-refractivity contribution < 1.29 is 14.3 Å². The molecule has 0 radical (unpaired) electrons. The number of carbonyl (C=O) groups excluding carboxylic acids is 1. The van der Waals surface area contributed by atoms with E-state index >= 15 is 0 Å². The second kappa shape index (κ2) is 6.22. The number of rotatable bonds is 4. The van der Waals surface area contributed by atoms with Gasteiger partial charge in [0.2, 0.25) is 5.91 Å². The SMILES string of the molecule is CNC1C(=O)Nc2cc(OCC3CCOCC3)c(Cl)cc21. The zero-order valence-electron chi connectivity index (χ0n) is 11.9. The van der Waals surface area contributed by atoms with Crippen LogP contribution in [-0.4, -0.2) is 32.8 Å². The second-order valence-electron chi connectivity index (χ2n) is 5.45. The highest BCUT2D eigenvalue weighted by Gasteiger charge is 2.30. The smallest absolute Gasteiger partial charge is 0.246 e. The first-order valence-electron chi connectivity index (χ1n) is 7.21. The molecular formula is C15H19ClN2O3. The van der Waals surface area contributed by atoms with Crippen molar-refractivity contribution in [3.8, 4) is 5.75 Å². The lowest BCUT2D eigenvalue weighted by molar-refractivity contribution is -0.117. The first-order valence-corrected chi connectivity index (χ1v) is 7.59. The molecule has 2 aliphatic heterocycles. The van der Waals surface area contributed by atoms with E-state index in [1.807, 2.05) is 6.07 Å². The topological polar surface area (TPSA) is 59.6 Å². The van der Waals surface area contributed by atoms with E-state index in [9.17, 15) is 4.79 Å². The summed E-state index contributed by atoms with van der Waals surface area (Å²) in [6.45, 7) is 2.23. The van der Waals surface area contributed by atoms with E-state index in [4.69, 9.17) is 21.1 Å². The van der Waals surface area contributed by atoms with Crippen molar-refractivity contribution in [3.63, 3.8) is 0 Å². The lowest BCUT2D eigenvalue weighted by Crippen LogP contribution is -2.23. The van der Waals surface area contributed by atoms with E-state index < -0.39 is 0 Å². The van der Waals surface area contributed by atoms with E-state index in [2.05, 4.69) is 10.6 Å². The summed E-state index contributed by atoms with van der Waals surface area (Å²) in [6.07, 6.45) is 2.03. The van der Waals surface area contributed by atoms with Gasteiger partial charge >= 0.3 is 0 Å². The molecule has 2 aliphatic rings. The molecule has 0 bridgehead atoms. The zero-order chi connectivity index (χ0) is 14.8. The van der Waals surface area contributed by atoms with Crippen molar-refractivity contribution in [1.82, 2.24) is 5.32 Å². The highest BCUT2D eigenvalue weighted by Crippen LogP contribution is 2.38. The molecule has 3 rings (SSSR count). The Morgan fingerprint density at radius 1 is 1.43 bits per heavy atom. The summed E-state index contributed by atoms with van der Waals surface area (Å²) >= 11 is 6.28. The standard InChI is InChI=1S/C15H19ClN2O3/c1-17-14-10-6-11(16)13(7-12(10)18-15(14)19)21-8-9-2-4-20-5-3-9/h6-7,9,14,17H,2-5,8H2,1H3,(H,18,19). The number of hydrogen-bond donors (Lipinski definition) is 2. The van der Waals surface area contributed by atoms with Crippen molar-refractivity contribution in [2.24, 2.45) is 5.92 Å². The number of hydrogen-bond acceptors (Lipinski definition) is 4. The minimum absolute atomic E-state index is 0.0647. The van der Waals surface area contributed by atoms with Gasteiger partial charge in [-0.05, 0) is 31.9 Å². The molecule has 1 fully saturated rings. The van der Waals surface area contributed by atoms with Gasteiger partial charge in [0.05, 0.1) is 11.6 Å². The van der Waals surface area contributed by atoms with Gasteiger partial charge in [0.15, 0.2) is 0 Å². The molecule has 1 amide bonds. The fourth-order valence-corrected chi connectivity index (χ4v) is 3.01. The summed E-state index contributed by atoms with van der Waals surface area (Å²) in [5.74, 6) is 1.06. The van der Waals surface area contributed by atoms with Crippen molar-refractivity contribution in [3.05, 3.63) is 22.7 Å². The Kier molecular flexibility index (Phi) is 4.33. The molecule has 0 spiro atoms. The molecule has 1 saturated heterocycles. The Morgan fingerprint density at radius 2 is 2.19 bits per heavy atom. The molecule has 1 aromatic carbocycles. The molecule has 1 aromatic rings. The fourth-order valence-electron chi connectivity index (χ4n) is 2.78. The molecule has 21 heavy (non-hydrogen) atoms. The number of ether oxygens (including phenoxy) is 2. The van der Waals surface area contributed by atoms with Gasteiger partial charge in [-0.1, -0.05) is 11.6 Å². The van der Waals surface area contributed by atoms with Crippen LogP contribution in [-0.2, 0) is 9.53 Å². The van der Waals surface area contributed by atoms with Gasteiger partial charge in [0.25, 0.3) is 0 Å². The van der Waals surface area contributed by atoms with Gasteiger partial charge in [-0.2, -0.15) is 0 Å². The first kappa shape index (κ1) is 14.6. The average molecular weight is 311 g/mol. The number of amides is 1. The lowest BCUT2D eigenvalue weighted by atomic mass is 10.0. The van der Waals surface area contributed by atoms with E-state index in [0.29, 0.717) is 23.3 Å². The maximum absolute atomic E-state index is 11.8. The monoisotopic (exact) mass is 310 g/mol. The van der Waals surface area contributed by atoms with E-state index in [-0.39, 0.29) is 11.9 Å². The van der Waals surface area contributed by atoms with Crippen molar-refractivity contribution >= 4 is 23.2 Å². The maximum Gasteiger partial charge on any atom is 0.246 e. The number of fused-ring (bicyclic) bond motifs is 1. The number of nitrogens with one attached hydrogen (secondary N) is 2. The second-order valence-corrected chi connectivity index (χ2v) is 5.85. The molecule has 2 heterocycles. The van der Waals surface area contributed by atoms with Gasteiger partial charge in [-0.15, -0.1) is 0 Å².